The molecule has 0 aliphatic carbocycles. The van der Waals surface area contributed by atoms with Crippen molar-refractivity contribution >= 4 is 32.8 Å². The number of nitrogens with zero attached hydrogens (tertiary/aromatic N) is 4. The van der Waals surface area contributed by atoms with Crippen molar-refractivity contribution in [3.05, 3.63) is 122 Å². The Bertz CT molecular complexity index is 1970. The molecule has 0 aliphatic rings. The van der Waals surface area contributed by atoms with Crippen molar-refractivity contribution < 1.29 is 0 Å². The summed E-state index contributed by atoms with van der Waals surface area (Å²) in [6, 6.07) is 25.3. The third-order valence-electron chi connectivity index (χ3n) is 6.32. The first-order valence-electron chi connectivity index (χ1n) is 11.2. The number of aryl methyl sites for hydroxylation is 2. The standard InChI is InChI=1S/C28H20N4O3/c1-17-13-14-22-18(15-17)16-21-24(29-22)23-25(30(2)26(21)33)31(19-9-5-3-6-10-19)28(35)32(27(23)34)20-11-7-4-8-12-20/h3-16H,1-2H3. The molecule has 3 aromatic heterocycles. The second kappa shape index (κ2) is 7.63. The highest BCUT2D eigenvalue weighted by Crippen LogP contribution is 2.24. The van der Waals surface area contributed by atoms with E-state index in [1.54, 1.807) is 61.6 Å². The highest BCUT2D eigenvalue weighted by atomic mass is 16.2. The Kier molecular flexibility index (Phi) is 4.54. The highest BCUT2D eigenvalue weighted by molar-refractivity contribution is 6.06. The van der Waals surface area contributed by atoms with Gasteiger partial charge in [-0.25, -0.2) is 18.9 Å². The molecule has 0 bridgehead atoms. The molecule has 0 unspecified atom stereocenters. The minimum Gasteiger partial charge on any atom is -0.296 e. The van der Waals surface area contributed by atoms with Gasteiger partial charge < -0.3 is 0 Å². The second-order valence-corrected chi connectivity index (χ2v) is 8.57. The van der Waals surface area contributed by atoms with Gasteiger partial charge in [0.05, 0.1) is 27.8 Å². The van der Waals surface area contributed by atoms with E-state index in [9.17, 15) is 14.4 Å². The maximum atomic E-state index is 14.0. The molecule has 7 heteroatoms. The van der Waals surface area contributed by atoms with Gasteiger partial charge in [-0.1, -0.05) is 48.0 Å². The lowest BCUT2D eigenvalue weighted by Gasteiger charge is -2.17. The molecule has 3 aromatic carbocycles. The predicted molar refractivity (Wildman–Crippen MR) is 138 cm³/mol. The van der Waals surface area contributed by atoms with Crippen LogP contribution in [0.5, 0.6) is 0 Å². The number of pyridine rings is 2. The van der Waals surface area contributed by atoms with Crippen molar-refractivity contribution in [2.75, 3.05) is 0 Å². The zero-order valence-electron chi connectivity index (χ0n) is 19.1. The van der Waals surface area contributed by atoms with E-state index in [0.717, 1.165) is 15.5 Å². The number of benzene rings is 3. The van der Waals surface area contributed by atoms with Crippen LogP contribution >= 0.6 is 0 Å². The third kappa shape index (κ3) is 3.05. The van der Waals surface area contributed by atoms with Crippen molar-refractivity contribution in [2.24, 2.45) is 7.05 Å². The van der Waals surface area contributed by atoms with Crippen LogP contribution in [-0.2, 0) is 7.05 Å². The molecule has 6 aromatic rings. The fraction of sp³-hybridized carbons (Fsp3) is 0.0714. The van der Waals surface area contributed by atoms with Gasteiger partial charge in [0.2, 0.25) is 0 Å². The number of fused-ring (bicyclic) bond motifs is 4. The molecule has 0 radical (unpaired) electrons. The first-order valence-corrected chi connectivity index (χ1v) is 11.2. The van der Waals surface area contributed by atoms with Crippen LogP contribution in [0.15, 0.2) is 99.3 Å². The normalized spacial score (nSPS) is 11.5. The highest BCUT2D eigenvalue weighted by Gasteiger charge is 2.22. The molecule has 0 fully saturated rings. The van der Waals surface area contributed by atoms with E-state index in [1.807, 2.05) is 37.3 Å². The number of para-hydroxylation sites is 2. The number of hydrogen-bond acceptors (Lipinski definition) is 4. The molecule has 3 heterocycles. The minimum atomic E-state index is -0.564. The van der Waals surface area contributed by atoms with Gasteiger partial charge in [0, 0.05) is 12.4 Å². The maximum absolute atomic E-state index is 14.0. The minimum absolute atomic E-state index is 0.204. The van der Waals surface area contributed by atoms with E-state index in [-0.39, 0.29) is 22.1 Å². The first-order chi connectivity index (χ1) is 17.0. The molecular formula is C28H20N4O3. The summed E-state index contributed by atoms with van der Waals surface area (Å²) in [6.45, 7) is 1.97. The van der Waals surface area contributed by atoms with Gasteiger partial charge in [-0.3, -0.25) is 14.2 Å². The van der Waals surface area contributed by atoms with Crippen molar-refractivity contribution in [1.29, 1.82) is 0 Å². The van der Waals surface area contributed by atoms with Crippen molar-refractivity contribution in [2.45, 2.75) is 6.92 Å². The topological polar surface area (TPSA) is 78.9 Å². The lowest BCUT2D eigenvalue weighted by Crippen LogP contribution is -2.40. The Morgan fingerprint density at radius 2 is 1.34 bits per heavy atom. The summed E-state index contributed by atoms with van der Waals surface area (Å²) in [5.41, 5.74) is 1.75. The average molecular weight is 460 g/mol. The van der Waals surface area contributed by atoms with Gasteiger partial charge in [-0.05, 0) is 49.4 Å². The van der Waals surface area contributed by atoms with Gasteiger partial charge >= 0.3 is 5.69 Å². The van der Waals surface area contributed by atoms with Crippen molar-refractivity contribution in [3.8, 4) is 11.4 Å². The Morgan fingerprint density at radius 1 is 0.714 bits per heavy atom. The molecule has 0 atom stereocenters. The molecule has 0 saturated carbocycles. The Hall–Kier alpha value is -4.78. The number of rotatable bonds is 2. The van der Waals surface area contributed by atoms with E-state index in [0.29, 0.717) is 22.3 Å². The Labute approximate surface area is 198 Å². The fourth-order valence-electron chi connectivity index (χ4n) is 4.66. The first kappa shape index (κ1) is 20.8. The van der Waals surface area contributed by atoms with Crippen LogP contribution in [0.1, 0.15) is 5.56 Å². The summed E-state index contributed by atoms with van der Waals surface area (Å²) in [5.74, 6) is 0. The predicted octanol–water partition coefficient (Wildman–Crippen LogP) is 3.85. The smallest absolute Gasteiger partial charge is 0.296 e. The van der Waals surface area contributed by atoms with Gasteiger partial charge in [-0.2, -0.15) is 0 Å². The molecule has 0 N–H and O–H groups in total. The maximum Gasteiger partial charge on any atom is 0.341 e. The largest absolute Gasteiger partial charge is 0.341 e. The quantitative estimate of drug-likeness (QED) is 0.290. The van der Waals surface area contributed by atoms with Crippen LogP contribution in [0, 0.1) is 6.92 Å². The molecule has 0 saturated heterocycles. The second-order valence-electron chi connectivity index (χ2n) is 8.57. The monoisotopic (exact) mass is 460 g/mol. The number of hydrogen-bond donors (Lipinski definition) is 0. The molecule has 35 heavy (non-hydrogen) atoms. The van der Waals surface area contributed by atoms with E-state index >= 15 is 0 Å². The Morgan fingerprint density at radius 3 is 2.00 bits per heavy atom. The summed E-state index contributed by atoms with van der Waals surface area (Å²) < 4.78 is 3.91. The summed E-state index contributed by atoms with van der Waals surface area (Å²) >= 11 is 0. The number of aromatic nitrogens is 4. The average Bonchev–Trinajstić information content (AvgIpc) is 2.87. The van der Waals surface area contributed by atoms with Crippen LogP contribution in [0.2, 0.25) is 0 Å². The fourth-order valence-corrected chi connectivity index (χ4v) is 4.66. The van der Waals surface area contributed by atoms with Crippen molar-refractivity contribution in [1.82, 2.24) is 18.7 Å². The molecule has 7 nitrogen and oxygen atoms in total. The van der Waals surface area contributed by atoms with Crippen LogP contribution < -0.4 is 16.8 Å². The SMILES string of the molecule is Cc1ccc2nc3c(cc2c1)c(=O)n(C)c1c3c(=O)n(-c2ccccc2)c(=O)n1-c1ccccc1. The van der Waals surface area contributed by atoms with Gasteiger partial charge in [0.25, 0.3) is 11.1 Å². The van der Waals surface area contributed by atoms with Crippen LogP contribution in [0.25, 0.3) is 44.2 Å². The summed E-state index contributed by atoms with van der Waals surface area (Å²) in [6.07, 6.45) is 0. The van der Waals surface area contributed by atoms with Gasteiger partial charge in [-0.15, -0.1) is 0 Å². The van der Waals surface area contributed by atoms with E-state index in [4.69, 9.17) is 4.98 Å². The summed E-state index contributed by atoms with van der Waals surface area (Å²) in [7, 11) is 1.58. The van der Waals surface area contributed by atoms with Crippen LogP contribution in [0.3, 0.4) is 0 Å². The van der Waals surface area contributed by atoms with Gasteiger partial charge in [0.15, 0.2) is 0 Å². The summed E-state index contributed by atoms with van der Waals surface area (Å²) in [5, 5.41) is 1.35. The molecule has 0 aliphatic heterocycles. The molecule has 0 amide bonds. The van der Waals surface area contributed by atoms with Gasteiger partial charge in [0.1, 0.15) is 11.0 Å². The lowest BCUT2D eigenvalue weighted by atomic mass is 10.1. The third-order valence-corrected chi connectivity index (χ3v) is 6.32. The van der Waals surface area contributed by atoms with E-state index in [2.05, 4.69) is 0 Å². The lowest BCUT2D eigenvalue weighted by molar-refractivity contribution is 0.787. The Balaban J connectivity index is 1.94. The molecule has 170 valence electrons. The van der Waals surface area contributed by atoms with Crippen LogP contribution in [-0.4, -0.2) is 18.7 Å². The summed E-state index contributed by atoms with van der Waals surface area (Å²) in [4.78, 5) is 46.1. The van der Waals surface area contributed by atoms with Crippen molar-refractivity contribution in [3.63, 3.8) is 0 Å². The van der Waals surface area contributed by atoms with E-state index in [1.165, 1.54) is 9.13 Å². The van der Waals surface area contributed by atoms with Crippen LogP contribution in [0.4, 0.5) is 0 Å². The van der Waals surface area contributed by atoms with E-state index < -0.39 is 11.2 Å². The molecule has 6 rings (SSSR count). The molecular weight excluding hydrogens is 440 g/mol. The zero-order chi connectivity index (χ0) is 24.3. The molecule has 0 spiro atoms. The zero-order valence-corrected chi connectivity index (χ0v) is 19.1.